The molecule has 1 heterocycles. The Morgan fingerprint density at radius 1 is 0.931 bits per heavy atom. The van der Waals surface area contributed by atoms with Crippen LogP contribution < -0.4 is 15.0 Å². The maximum atomic E-state index is 13.7. The van der Waals surface area contributed by atoms with Gasteiger partial charge in [0.1, 0.15) is 0 Å². The Morgan fingerprint density at radius 2 is 1.72 bits per heavy atom. The summed E-state index contributed by atoms with van der Waals surface area (Å²) in [7, 11) is 1.86. The molecule has 5 heteroatoms. The lowest BCUT2D eigenvalue weighted by Gasteiger charge is -2.16. The van der Waals surface area contributed by atoms with Gasteiger partial charge < -0.3 is 4.72 Å². The van der Waals surface area contributed by atoms with Crippen LogP contribution in [0.4, 0.5) is 5.69 Å². The van der Waals surface area contributed by atoms with Crippen molar-refractivity contribution in [2.75, 3.05) is 11.8 Å². The lowest BCUT2D eigenvalue weighted by atomic mass is 9.98. The molecule has 0 bridgehead atoms. The van der Waals surface area contributed by atoms with E-state index in [4.69, 9.17) is 0 Å². The Kier molecular flexibility index (Phi) is 5.69. The first kappa shape index (κ1) is 19.3. The summed E-state index contributed by atoms with van der Waals surface area (Å²) in [6.45, 7) is 2.08. The summed E-state index contributed by atoms with van der Waals surface area (Å²) in [5.41, 5.74) is 4.85. The zero-order valence-corrected chi connectivity index (χ0v) is 17.3. The molecule has 0 spiro atoms. The molecule has 4 aromatic rings. The fourth-order valence-electron chi connectivity index (χ4n) is 3.64. The average Bonchev–Trinajstić information content (AvgIpc) is 2.77. The van der Waals surface area contributed by atoms with E-state index < -0.39 is 0 Å². The van der Waals surface area contributed by atoms with Crippen molar-refractivity contribution in [1.82, 2.24) is 9.29 Å². The predicted molar refractivity (Wildman–Crippen MR) is 125 cm³/mol. The number of aromatic nitrogens is 1. The van der Waals surface area contributed by atoms with Crippen molar-refractivity contribution in [3.63, 3.8) is 0 Å². The topological polar surface area (TPSA) is 46.1 Å². The lowest BCUT2D eigenvalue weighted by Crippen LogP contribution is -2.22. The highest BCUT2D eigenvalue weighted by Crippen LogP contribution is 2.30. The molecule has 29 heavy (non-hydrogen) atoms. The smallest absolute Gasteiger partial charge is 0.263 e. The van der Waals surface area contributed by atoms with E-state index in [1.807, 2.05) is 78.3 Å². The fourth-order valence-corrected chi connectivity index (χ4v) is 3.98. The number of para-hydroxylation sites is 1. The van der Waals surface area contributed by atoms with E-state index in [2.05, 4.69) is 28.5 Å². The molecule has 0 aliphatic heterocycles. The summed E-state index contributed by atoms with van der Waals surface area (Å²) in [6.07, 6.45) is 0.783. The lowest BCUT2D eigenvalue weighted by molar-refractivity contribution is 0.889. The van der Waals surface area contributed by atoms with Crippen LogP contribution in [0.5, 0.6) is 0 Å². The van der Waals surface area contributed by atoms with E-state index in [9.17, 15) is 4.79 Å². The van der Waals surface area contributed by atoms with Crippen LogP contribution >= 0.6 is 12.1 Å². The van der Waals surface area contributed by atoms with Crippen LogP contribution in [0.15, 0.2) is 83.7 Å². The van der Waals surface area contributed by atoms with Gasteiger partial charge in [0, 0.05) is 29.2 Å². The number of nitrogens with zero attached hydrogens (tertiary/aromatic N) is 1. The minimum absolute atomic E-state index is 0.0177. The van der Waals surface area contributed by atoms with Crippen molar-refractivity contribution < 1.29 is 0 Å². The highest BCUT2D eigenvalue weighted by Gasteiger charge is 2.14. The maximum Gasteiger partial charge on any atom is 0.263 e. The van der Waals surface area contributed by atoms with Gasteiger partial charge in [0.2, 0.25) is 0 Å². The third-order valence-corrected chi connectivity index (χ3v) is 5.49. The minimum atomic E-state index is 0.0177. The summed E-state index contributed by atoms with van der Waals surface area (Å²) in [6, 6.07) is 26.2. The molecule has 146 valence electrons. The second-order valence-corrected chi connectivity index (χ2v) is 7.54. The normalized spacial score (nSPS) is 11.0. The fraction of sp³-hybridized carbons (Fsp3) is 0.125. The third-order valence-electron chi connectivity index (χ3n) is 4.94. The molecule has 4 rings (SSSR count). The monoisotopic (exact) mass is 401 g/mol. The Bertz CT molecular complexity index is 1200. The first-order valence-corrected chi connectivity index (χ1v) is 10.5. The van der Waals surface area contributed by atoms with Crippen LogP contribution in [0.3, 0.4) is 0 Å². The van der Waals surface area contributed by atoms with Crippen LogP contribution in [0.1, 0.15) is 12.6 Å². The molecule has 0 saturated heterocycles. The van der Waals surface area contributed by atoms with Gasteiger partial charge in [-0.1, -0.05) is 55.5 Å². The Balaban J connectivity index is 1.97. The number of aryl methyl sites for hydroxylation is 1. The number of anilines is 1. The zero-order valence-electron chi connectivity index (χ0n) is 16.5. The van der Waals surface area contributed by atoms with E-state index in [-0.39, 0.29) is 5.56 Å². The molecule has 0 aliphatic rings. The van der Waals surface area contributed by atoms with Crippen LogP contribution in [0, 0.1) is 0 Å². The molecule has 0 atom stereocenters. The molecule has 0 saturated carbocycles. The number of hydrogen-bond donors (Lipinski definition) is 2. The van der Waals surface area contributed by atoms with E-state index in [1.165, 1.54) is 12.1 Å². The van der Waals surface area contributed by atoms with Gasteiger partial charge in [-0.3, -0.25) is 9.36 Å². The van der Waals surface area contributed by atoms with Crippen molar-refractivity contribution in [3.8, 4) is 16.8 Å². The van der Waals surface area contributed by atoms with E-state index >= 15 is 0 Å². The number of rotatable bonds is 6. The number of benzene rings is 3. The number of pyridine rings is 1. The molecular formula is C24H23N3OS. The summed E-state index contributed by atoms with van der Waals surface area (Å²) in [5, 5.41) is 1.71. The molecule has 0 amide bonds. The molecule has 0 radical (unpaired) electrons. The number of nitrogens with one attached hydrogen (secondary N) is 2. The van der Waals surface area contributed by atoms with Gasteiger partial charge >= 0.3 is 0 Å². The largest absolute Gasteiger partial charge is 0.317 e. The van der Waals surface area contributed by atoms with Crippen molar-refractivity contribution >= 4 is 28.6 Å². The molecule has 4 nitrogen and oxygen atoms in total. The third kappa shape index (κ3) is 3.79. The standard InChI is InChI=1S/C24H23N3OS/c1-3-20-16-18-10-8-14-22(17-9-7-11-19(15-17)26-29-25-2)23(18)24(28)27(20)21-12-5-4-6-13-21/h4-16,25-26H,3H2,1-2H3. The van der Waals surface area contributed by atoms with Crippen molar-refractivity contribution in [1.29, 1.82) is 0 Å². The highest BCUT2D eigenvalue weighted by atomic mass is 32.2. The highest BCUT2D eigenvalue weighted by molar-refractivity contribution is 7.98. The Labute approximate surface area is 174 Å². The van der Waals surface area contributed by atoms with Crippen LogP contribution in [-0.4, -0.2) is 11.6 Å². The van der Waals surface area contributed by atoms with Gasteiger partial charge in [0.05, 0.1) is 5.39 Å². The predicted octanol–water partition coefficient (Wildman–Crippen LogP) is 5.41. The van der Waals surface area contributed by atoms with Gasteiger partial charge in [-0.2, -0.15) is 0 Å². The second-order valence-electron chi connectivity index (χ2n) is 6.72. The SMILES string of the molecule is CCc1cc2cccc(-c3cccc(NSNC)c3)c2c(=O)n1-c1ccccc1. The number of hydrogen-bond acceptors (Lipinski definition) is 4. The molecule has 3 aromatic carbocycles. The molecule has 0 fully saturated rings. The van der Waals surface area contributed by atoms with Crippen molar-refractivity contribution in [3.05, 3.63) is 94.9 Å². The summed E-state index contributed by atoms with van der Waals surface area (Å²) in [5.74, 6) is 0. The van der Waals surface area contributed by atoms with Gasteiger partial charge in [0.15, 0.2) is 0 Å². The van der Waals surface area contributed by atoms with Crippen molar-refractivity contribution in [2.45, 2.75) is 13.3 Å². The molecule has 0 aliphatic carbocycles. The molecule has 0 unspecified atom stereocenters. The molecular weight excluding hydrogens is 378 g/mol. The van der Waals surface area contributed by atoms with Gasteiger partial charge in [-0.15, -0.1) is 0 Å². The van der Waals surface area contributed by atoms with Gasteiger partial charge in [-0.05, 0) is 60.3 Å². The minimum Gasteiger partial charge on any atom is -0.317 e. The van der Waals surface area contributed by atoms with Gasteiger partial charge in [-0.25, -0.2) is 4.72 Å². The van der Waals surface area contributed by atoms with Crippen LogP contribution in [-0.2, 0) is 6.42 Å². The average molecular weight is 402 g/mol. The first-order chi connectivity index (χ1) is 14.2. The number of fused-ring (bicyclic) bond motifs is 1. The van der Waals surface area contributed by atoms with E-state index in [0.717, 1.165) is 45.4 Å². The van der Waals surface area contributed by atoms with Crippen molar-refractivity contribution in [2.24, 2.45) is 0 Å². The van der Waals surface area contributed by atoms with E-state index in [1.54, 1.807) is 0 Å². The molecule has 2 N–H and O–H groups in total. The Morgan fingerprint density at radius 3 is 2.48 bits per heavy atom. The quantitative estimate of drug-likeness (QED) is 0.424. The zero-order chi connectivity index (χ0) is 20.2. The first-order valence-electron chi connectivity index (χ1n) is 9.65. The Hall–Kier alpha value is -3.02. The van der Waals surface area contributed by atoms with Crippen LogP contribution in [0.2, 0.25) is 0 Å². The van der Waals surface area contributed by atoms with E-state index in [0.29, 0.717) is 0 Å². The summed E-state index contributed by atoms with van der Waals surface area (Å²) in [4.78, 5) is 13.7. The summed E-state index contributed by atoms with van der Waals surface area (Å²) < 4.78 is 8.09. The van der Waals surface area contributed by atoms with Gasteiger partial charge in [0.25, 0.3) is 5.56 Å². The summed E-state index contributed by atoms with van der Waals surface area (Å²) >= 11 is 1.41. The van der Waals surface area contributed by atoms with Crippen LogP contribution in [0.25, 0.3) is 27.6 Å². The maximum absolute atomic E-state index is 13.7. The molecule has 1 aromatic heterocycles. The second kappa shape index (κ2) is 8.55.